The minimum Gasteiger partial charge on any atom is -0.465 e. The van der Waals surface area contributed by atoms with Gasteiger partial charge in [0.05, 0.1) is 24.2 Å². The lowest BCUT2D eigenvalue weighted by Crippen LogP contribution is -2.43. The molecule has 3 heterocycles. The predicted molar refractivity (Wildman–Crippen MR) is 87.2 cm³/mol. The van der Waals surface area contributed by atoms with Gasteiger partial charge in [-0.2, -0.15) is 0 Å². The Balaban J connectivity index is 1.93. The van der Waals surface area contributed by atoms with Gasteiger partial charge in [-0.05, 0) is 19.8 Å². The first-order chi connectivity index (χ1) is 11.3. The van der Waals surface area contributed by atoms with Crippen molar-refractivity contribution in [3.05, 3.63) is 23.3 Å². The van der Waals surface area contributed by atoms with Crippen LogP contribution in [0.2, 0.25) is 0 Å². The van der Waals surface area contributed by atoms with Gasteiger partial charge in [-0.25, -0.2) is 27.5 Å². The molecule has 0 aliphatic carbocycles. The quantitative estimate of drug-likeness (QED) is 0.851. The van der Waals surface area contributed by atoms with Gasteiger partial charge in [0.25, 0.3) is 0 Å². The van der Waals surface area contributed by atoms with Crippen LogP contribution in [0.4, 0.5) is 4.79 Å². The van der Waals surface area contributed by atoms with Crippen molar-refractivity contribution in [3.63, 3.8) is 0 Å². The number of hydrogen-bond acceptors (Lipinski definition) is 5. The van der Waals surface area contributed by atoms with E-state index in [1.54, 1.807) is 0 Å². The van der Waals surface area contributed by atoms with Crippen LogP contribution in [0.25, 0.3) is 0 Å². The maximum Gasteiger partial charge on any atom is 0.407 e. The molecule has 1 aromatic rings. The summed E-state index contributed by atoms with van der Waals surface area (Å²) in [5.41, 5.74) is 2.52. The van der Waals surface area contributed by atoms with Crippen molar-refractivity contribution in [1.82, 2.24) is 19.2 Å². The summed E-state index contributed by atoms with van der Waals surface area (Å²) in [6, 6.07) is -0.128. The molecule has 1 saturated heterocycles. The molecule has 2 atom stereocenters. The van der Waals surface area contributed by atoms with Crippen LogP contribution >= 0.6 is 0 Å². The van der Waals surface area contributed by atoms with Gasteiger partial charge in [-0.1, -0.05) is 0 Å². The Morgan fingerprint density at radius 2 is 2.12 bits per heavy atom. The molecule has 0 radical (unpaired) electrons. The second-order valence-corrected chi connectivity index (χ2v) is 8.59. The Kier molecular flexibility index (Phi) is 4.48. The van der Waals surface area contributed by atoms with Gasteiger partial charge >= 0.3 is 6.09 Å². The summed E-state index contributed by atoms with van der Waals surface area (Å²) < 4.78 is 25.2. The maximum atomic E-state index is 11.8. The minimum atomic E-state index is -3.24. The van der Waals surface area contributed by atoms with E-state index in [1.165, 1.54) is 21.8 Å². The van der Waals surface area contributed by atoms with Gasteiger partial charge in [0.15, 0.2) is 0 Å². The molecule has 0 saturated carbocycles. The molecule has 2 aliphatic rings. The summed E-state index contributed by atoms with van der Waals surface area (Å²) in [6.45, 7) is 3.05. The van der Waals surface area contributed by atoms with Crippen molar-refractivity contribution in [2.24, 2.45) is 0 Å². The van der Waals surface area contributed by atoms with Gasteiger partial charge in [-0.15, -0.1) is 0 Å². The lowest BCUT2D eigenvalue weighted by molar-refractivity contribution is 0.118. The summed E-state index contributed by atoms with van der Waals surface area (Å²) in [6.07, 6.45) is 3.95. The fourth-order valence-electron chi connectivity index (χ4n) is 3.60. The van der Waals surface area contributed by atoms with Crippen LogP contribution in [-0.2, 0) is 23.0 Å². The third kappa shape index (κ3) is 3.23. The van der Waals surface area contributed by atoms with Gasteiger partial charge < -0.3 is 10.0 Å². The molecule has 0 aromatic carbocycles. The van der Waals surface area contributed by atoms with Crippen molar-refractivity contribution >= 4 is 16.1 Å². The molecule has 0 spiro atoms. The van der Waals surface area contributed by atoms with Crippen LogP contribution in [-0.4, -0.2) is 64.2 Å². The van der Waals surface area contributed by atoms with E-state index in [0.717, 1.165) is 29.8 Å². The van der Waals surface area contributed by atoms with Crippen molar-refractivity contribution in [3.8, 4) is 0 Å². The third-order valence-corrected chi connectivity index (χ3v) is 6.17. The van der Waals surface area contributed by atoms with E-state index in [4.69, 9.17) is 0 Å². The molecule has 24 heavy (non-hydrogen) atoms. The summed E-state index contributed by atoms with van der Waals surface area (Å²) in [4.78, 5) is 21.6. The highest BCUT2D eigenvalue weighted by atomic mass is 32.2. The first-order valence-electron chi connectivity index (χ1n) is 8.04. The lowest BCUT2D eigenvalue weighted by Gasteiger charge is -2.36. The fourth-order valence-corrected chi connectivity index (χ4v) is 4.52. The average molecular weight is 354 g/mol. The van der Waals surface area contributed by atoms with Crippen LogP contribution < -0.4 is 0 Å². The molecule has 2 unspecified atom stereocenters. The standard InChI is InChI=1S/C15H22N4O4S/c1-10-6-13-12(8-19(10)15(20)21)14(17-9-16-13)11-4-3-5-18(7-11)24(2,22)23/h9-11H,3-8H2,1-2H3,(H,20,21). The SMILES string of the molecule is CC1Cc2ncnc(C3CCCN(S(C)(=O)=O)C3)c2CN1C(=O)O. The van der Waals surface area contributed by atoms with E-state index in [2.05, 4.69) is 9.97 Å². The van der Waals surface area contributed by atoms with Gasteiger partial charge in [0.2, 0.25) is 10.0 Å². The Morgan fingerprint density at radius 1 is 1.38 bits per heavy atom. The normalized spacial score (nSPS) is 25.3. The molecule has 1 fully saturated rings. The monoisotopic (exact) mass is 354 g/mol. The highest BCUT2D eigenvalue weighted by Crippen LogP contribution is 2.33. The van der Waals surface area contributed by atoms with Gasteiger partial charge in [-0.3, -0.25) is 0 Å². The number of nitrogens with zero attached hydrogens (tertiary/aromatic N) is 4. The number of hydrogen-bond donors (Lipinski definition) is 1. The molecule has 8 nitrogen and oxygen atoms in total. The van der Waals surface area contributed by atoms with Crippen LogP contribution in [0.1, 0.15) is 42.6 Å². The summed E-state index contributed by atoms with van der Waals surface area (Å²) in [7, 11) is -3.24. The number of aromatic nitrogens is 2. The molecule has 2 aliphatic heterocycles. The molecule has 132 valence electrons. The number of rotatable bonds is 2. The van der Waals surface area contributed by atoms with Crippen molar-refractivity contribution in [2.75, 3.05) is 19.3 Å². The molecule has 9 heteroatoms. The summed E-state index contributed by atoms with van der Waals surface area (Å²) in [5, 5.41) is 9.38. The van der Waals surface area contributed by atoms with Gasteiger partial charge in [0.1, 0.15) is 6.33 Å². The number of carboxylic acid groups (broad SMARTS) is 1. The van der Waals surface area contributed by atoms with Crippen molar-refractivity contribution < 1.29 is 18.3 Å². The third-order valence-electron chi connectivity index (χ3n) is 4.90. The maximum absolute atomic E-state index is 11.8. The minimum absolute atomic E-state index is 0.0192. The van der Waals surface area contributed by atoms with Crippen LogP contribution in [0.15, 0.2) is 6.33 Å². The average Bonchev–Trinajstić information content (AvgIpc) is 2.52. The van der Waals surface area contributed by atoms with Crippen LogP contribution in [0, 0.1) is 0 Å². The summed E-state index contributed by atoms with van der Waals surface area (Å²) >= 11 is 0. The van der Waals surface area contributed by atoms with E-state index < -0.39 is 16.1 Å². The zero-order valence-electron chi connectivity index (χ0n) is 13.8. The van der Waals surface area contributed by atoms with Crippen LogP contribution in [0.3, 0.4) is 0 Å². The Hall–Kier alpha value is -1.74. The highest BCUT2D eigenvalue weighted by molar-refractivity contribution is 7.88. The number of fused-ring (bicyclic) bond motifs is 1. The van der Waals surface area contributed by atoms with E-state index in [9.17, 15) is 18.3 Å². The molecule has 1 aromatic heterocycles. The Labute approximate surface area is 141 Å². The summed E-state index contributed by atoms with van der Waals surface area (Å²) in [5.74, 6) is -0.0192. The van der Waals surface area contributed by atoms with Crippen molar-refractivity contribution in [1.29, 1.82) is 0 Å². The predicted octanol–water partition coefficient (Wildman–Crippen LogP) is 1.04. The zero-order chi connectivity index (χ0) is 17.5. The van der Waals surface area contributed by atoms with E-state index >= 15 is 0 Å². The largest absolute Gasteiger partial charge is 0.465 e. The second kappa shape index (κ2) is 6.29. The number of piperidine rings is 1. The molecular formula is C15H22N4O4S. The topological polar surface area (TPSA) is 104 Å². The molecule has 0 bridgehead atoms. The number of carbonyl (C=O) groups is 1. The number of amides is 1. The zero-order valence-corrected chi connectivity index (χ0v) is 14.7. The van der Waals surface area contributed by atoms with E-state index in [0.29, 0.717) is 19.5 Å². The van der Waals surface area contributed by atoms with Crippen LogP contribution in [0.5, 0.6) is 0 Å². The first-order valence-corrected chi connectivity index (χ1v) is 9.89. The smallest absolute Gasteiger partial charge is 0.407 e. The molecular weight excluding hydrogens is 332 g/mol. The van der Waals surface area contributed by atoms with E-state index in [-0.39, 0.29) is 18.5 Å². The fraction of sp³-hybridized carbons (Fsp3) is 0.667. The highest BCUT2D eigenvalue weighted by Gasteiger charge is 2.34. The molecule has 1 amide bonds. The Morgan fingerprint density at radius 3 is 2.79 bits per heavy atom. The molecule has 3 rings (SSSR count). The lowest BCUT2D eigenvalue weighted by atomic mass is 9.89. The second-order valence-electron chi connectivity index (χ2n) is 6.61. The molecule has 1 N–H and O–H groups in total. The first kappa shape index (κ1) is 17.1. The number of sulfonamides is 1. The van der Waals surface area contributed by atoms with E-state index in [1.807, 2.05) is 6.92 Å². The van der Waals surface area contributed by atoms with Crippen molar-refractivity contribution in [2.45, 2.75) is 44.7 Å². The van der Waals surface area contributed by atoms with Gasteiger partial charge in [0, 0.05) is 37.0 Å². The Bertz CT molecular complexity index is 752.